The Hall–Kier alpha value is -3.15. The monoisotopic (exact) mass is 352 g/mol. The van der Waals surface area contributed by atoms with Crippen LogP contribution < -0.4 is 10.1 Å². The maximum Gasteiger partial charge on any atom is 0.230 e. The number of carbonyl (C=O) groups is 1. The van der Waals surface area contributed by atoms with Crippen LogP contribution in [0.4, 0.5) is 10.1 Å². The average molecular weight is 352 g/mol. The summed E-state index contributed by atoms with van der Waals surface area (Å²) >= 11 is 0. The lowest BCUT2D eigenvalue weighted by molar-refractivity contribution is -0.115. The highest BCUT2D eigenvalue weighted by atomic mass is 19.1. The highest BCUT2D eigenvalue weighted by Crippen LogP contribution is 2.33. The predicted molar refractivity (Wildman–Crippen MR) is 94.5 cm³/mol. The molecule has 6 heteroatoms. The van der Waals surface area contributed by atoms with E-state index in [4.69, 9.17) is 9.26 Å². The smallest absolute Gasteiger partial charge is 0.230 e. The van der Waals surface area contributed by atoms with Crippen molar-refractivity contribution in [1.29, 1.82) is 0 Å². The molecule has 1 N–H and O–H groups in total. The summed E-state index contributed by atoms with van der Waals surface area (Å²) in [5.41, 5.74) is 2.65. The van der Waals surface area contributed by atoms with E-state index in [9.17, 15) is 9.18 Å². The number of rotatable bonds is 4. The van der Waals surface area contributed by atoms with Crippen LogP contribution in [0, 0.1) is 5.82 Å². The standard InChI is InChI=1S/C20H17FN2O3/c1-12-8-14-9-13(6-7-18(14)25-12)19-10-15(23-26-19)11-20(24)22-17-5-3-2-4-16(17)21/h2-7,9-10,12H,8,11H2,1H3,(H,22,24). The molecule has 0 fully saturated rings. The largest absolute Gasteiger partial charge is 0.490 e. The van der Waals surface area contributed by atoms with Crippen molar-refractivity contribution in [3.63, 3.8) is 0 Å². The molecule has 1 atom stereocenters. The summed E-state index contributed by atoms with van der Waals surface area (Å²) < 4.78 is 24.7. The Bertz CT molecular complexity index is 967. The van der Waals surface area contributed by atoms with Crippen LogP contribution in [-0.4, -0.2) is 17.2 Å². The topological polar surface area (TPSA) is 64.4 Å². The molecule has 0 spiro atoms. The average Bonchev–Trinajstić information content (AvgIpc) is 3.21. The molecule has 5 nitrogen and oxygen atoms in total. The van der Waals surface area contributed by atoms with E-state index in [1.54, 1.807) is 18.2 Å². The van der Waals surface area contributed by atoms with Gasteiger partial charge in [-0.25, -0.2) is 4.39 Å². The lowest BCUT2D eigenvalue weighted by atomic mass is 10.1. The number of nitrogens with zero attached hydrogens (tertiary/aromatic N) is 1. The number of fused-ring (bicyclic) bond motifs is 1. The summed E-state index contributed by atoms with van der Waals surface area (Å²) in [7, 11) is 0. The van der Waals surface area contributed by atoms with Gasteiger partial charge < -0.3 is 14.6 Å². The number of ether oxygens (including phenoxy) is 1. The summed E-state index contributed by atoms with van der Waals surface area (Å²) in [4.78, 5) is 12.1. The zero-order valence-corrected chi connectivity index (χ0v) is 14.2. The molecule has 1 amide bonds. The van der Waals surface area contributed by atoms with Gasteiger partial charge in [0.15, 0.2) is 5.76 Å². The van der Waals surface area contributed by atoms with Gasteiger partial charge >= 0.3 is 0 Å². The number of aromatic nitrogens is 1. The van der Waals surface area contributed by atoms with Gasteiger partial charge in [0.05, 0.1) is 17.8 Å². The minimum absolute atomic E-state index is 0.00290. The van der Waals surface area contributed by atoms with Crippen molar-refractivity contribution in [3.05, 3.63) is 65.6 Å². The first kappa shape index (κ1) is 16.3. The fourth-order valence-corrected chi connectivity index (χ4v) is 3.03. The predicted octanol–water partition coefficient (Wildman–Crippen LogP) is 3.99. The van der Waals surface area contributed by atoms with E-state index >= 15 is 0 Å². The van der Waals surface area contributed by atoms with Crippen LogP contribution in [0.15, 0.2) is 53.1 Å². The molecule has 4 rings (SSSR count). The molecule has 1 aliphatic rings. The Labute approximate surface area is 149 Å². The third-order valence-corrected chi connectivity index (χ3v) is 4.23. The van der Waals surface area contributed by atoms with Crippen LogP contribution in [0.5, 0.6) is 5.75 Å². The quantitative estimate of drug-likeness (QED) is 0.771. The zero-order chi connectivity index (χ0) is 18.1. The van der Waals surface area contributed by atoms with Crippen LogP contribution in [-0.2, 0) is 17.6 Å². The number of carbonyl (C=O) groups excluding carboxylic acids is 1. The van der Waals surface area contributed by atoms with Crippen LogP contribution >= 0.6 is 0 Å². The molecule has 2 aromatic carbocycles. The van der Waals surface area contributed by atoms with E-state index in [2.05, 4.69) is 10.5 Å². The van der Waals surface area contributed by atoms with Gasteiger partial charge in [-0.1, -0.05) is 17.3 Å². The number of benzene rings is 2. The van der Waals surface area contributed by atoms with Gasteiger partial charge in [0, 0.05) is 18.1 Å². The fourth-order valence-electron chi connectivity index (χ4n) is 3.03. The summed E-state index contributed by atoms with van der Waals surface area (Å²) in [6, 6.07) is 13.6. The molecule has 0 saturated carbocycles. The minimum Gasteiger partial charge on any atom is -0.490 e. The second-order valence-corrected chi connectivity index (χ2v) is 6.34. The van der Waals surface area contributed by atoms with Gasteiger partial charge in [-0.15, -0.1) is 0 Å². The number of nitrogens with one attached hydrogen (secondary N) is 1. The Morgan fingerprint density at radius 3 is 2.96 bits per heavy atom. The first-order chi connectivity index (χ1) is 12.6. The lowest BCUT2D eigenvalue weighted by Crippen LogP contribution is -2.15. The van der Waals surface area contributed by atoms with Crippen molar-refractivity contribution < 1.29 is 18.4 Å². The van der Waals surface area contributed by atoms with E-state index in [0.29, 0.717) is 11.5 Å². The van der Waals surface area contributed by atoms with Crippen LogP contribution in [0.2, 0.25) is 0 Å². The number of amides is 1. The molecule has 26 heavy (non-hydrogen) atoms. The van der Waals surface area contributed by atoms with Crippen LogP contribution in [0.25, 0.3) is 11.3 Å². The summed E-state index contributed by atoms with van der Waals surface area (Å²) in [5, 5.41) is 6.48. The molecule has 0 radical (unpaired) electrons. The Morgan fingerprint density at radius 2 is 2.12 bits per heavy atom. The van der Waals surface area contributed by atoms with E-state index in [1.807, 2.05) is 25.1 Å². The molecular formula is C20H17FN2O3. The second kappa shape index (κ2) is 6.63. The lowest BCUT2D eigenvalue weighted by Gasteiger charge is -2.04. The highest BCUT2D eigenvalue weighted by molar-refractivity contribution is 5.92. The highest BCUT2D eigenvalue weighted by Gasteiger charge is 2.20. The molecule has 1 aliphatic heterocycles. The maximum absolute atomic E-state index is 13.6. The van der Waals surface area contributed by atoms with E-state index in [-0.39, 0.29) is 24.1 Å². The van der Waals surface area contributed by atoms with Crippen LogP contribution in [0.3, 0.4) is 0 Å². The Kier molecular flexibility index (Phi) is 4.16. The van der Waals surface area contributed by atoms with Crippen molar-refractivity contribution >= 4 is 11.6 Å². The number of para-hydroxylation sites is 1. The molecular weight excluding hydrogens is 335 g/mol. The van der Waals surface area contributed by atoms with Gasteiger partial charge in [-0.2, -0.15) is 0 Å². The molecule has 0 saturated heterocycles. The molecule has 132 valence electrons. The first-order valence-corrected chi connectivity index (χ1v) is 8.38. The molecule has 0 bridgehead atoms. The van der Waals surface area contributed by atoms with Crippen molar-refractivity contribution in [1.82, 2.24) is 5.16 Å². The molecule has 3 aromatic rings. The molecule has 2 heterocycles. The van der Waals surface area contributed by atoms with Gasteiger partial charge in [0.2, 0.25) is 5.91 Å². The zero-order valence-electron chi connectivity index (χ0n) is 14.2. The number of halogens is 1. The molecule has 0 aliphatic carbocycles. The van der Waals surface area contributed by atoms with E-state index in [0.717, 1.165) is 23.3 Å². The number of hydrogen-bond acceptors (Lipinski definition) is 4. The summed E-state index contributed by atoms with van der Waals surface area (Å²) in [6.07, 6.45) is 1.03. The van der Waals surface area contributed by atoms with Crippen molar-refractivity contribution in [2.75, 3.05) is 5.32 Å². The summed E-state index contributed by atoms with van der Waals surface area (Å²) in [5.74, 6) is 0.647. The van der Waals surface area contributed by atoms with Crippen molar-refractivity contribution in [2.45, 2.75) is 25.9 Å². The van der Waals surface area contributed by atoms with Gasteiger partial charge in [-0.3, -0.25) is 4.79 Å². The van der Waals surface area contributed by atoms with Gasteiger partial charge in [0.1, 0.15) is 17.7 Å². The van der Waals surface area contributed by atoms with Crippen molar-refractivity contribution in [2.24, 2.45) is 0 Å². The first-order valence-electron chi connectivity index (χ1n) is 8.38. The third-order valence-electron chi connectivity index (χ3n) is 4.23. The number of hydrogen-bond donors (Lipinski definition) is 1. The molecule has 1 unspecified atom stereocenters. The fraction of sp³-hybridized carbons (Fsp3) is 0.200. The van der Waals surface area contributed by atoms with Gasteiger partial charge in [0.25, 0.3) is 0 Å². The third kappa shape index (κ3) is 3.31. The number of anilines is 1. The Morgan fingerprint density at radius 1 is 1.27 bits per heavy atom. The Balaban J connectivity index is 1.46. The maximum atomic E-state index is 13.6. The van der Waals surface area contributed by atoms with E-state index < -0.39 is 5.82 Å². The SMILES string of the molecule is CC1Cc2cc(-c3cc(CC(=O)Nc4ccccc4F)no3)ccc2O1. The van der Waals surface area contributed by atoms with E-state index in [1.165, 1.54) is 12.1 Å². The van der Waals surface area contributed by atoms with Gasteiger partial charge in [-0.05, 0) is 42.8 Å². The van der Waals surface area contributed by atoms with Crippen LogP contribution in [0.1, 0.15) is 18.2 Å². The molecule has 1 aromatic heterocycles. The minimum atomic E-state index is -0.476. The summed E-state index contributed by atoms with van der Waals surface area (Å²) in [6.45, 7) is 2.03. The van der Waals surface area contributed by atoms with Crippen molar-refractivity contribution in [3.8, 4) is 17.1 Å². The normalized spacial score (nSPS) is 15.4. The second-order valence-electron chi connectivity index (χ2n) is 6.34.